The van der Waals surface area contributed by atoms with Gasteiger partial charge in [-0.2, -0.15) is 4.31 Å². The molecule has 0 atom stereocenters. The summed E-state index contributed by atoms with van der Waals surface area (Å²) in [6, 6.07) is 5.14. The number of hydrogen-bond donors (Lipinski definition) is 1. The fourth-order valence-corrected chi connectivity index (χ4v) is 5.44. The molecule has 0 unspecified atom stereocenters. The summed E-state index contributed by atoms with van der Waals surface area (Å²) in [5.41, 5.74) is 6.89. The van der Waals surface area contributed by atoms with Crippen LogP contribution in [0.4, 0.5) is 0 Å². The third-order valence-electron chi connectivity index (χ3n) is 5.42. The Bertz CT molecular complexity index is 982. The molecule has 1 aliphatic rings. The minimum Gasteiger partial charge on any atom is -0.383 e. The quantitative estimate of drug-likeness (QED) is 0.597. The molecule has 166 valence electrons. The number of aryl methyl sites for hydroxylation is 1. The second-order valence-electron chi connectivity index (χ2n) is 7.56. The molecule has 1 amide bonds. The molecule has 0 radical (unpaired) electrons. The first-order valence-corrected chi connectivity index (χ1v) is 11.8. The van der Waals surface area contributed by atoms with E-state index < -0.39 is 15.9 Å². The molecular weight excluding hydrogens is 406 g/mol. The molecule has 1 aromatic carbocycles. The normalized spacial score (nSPS) is 15.8. The van der Waals surface area contributed by atoms with Crippen molar-refractivity contribution in [1.82, 2.24) is 18.8 Å². The molecule has 1 aromatic heterocycles. The van der Waals surface area contributed by atoms with E-state index >= 15 is 0 Å². The summed E-state index contributed by atoms with van der Waals surface area (Å²) in [4.78, 5) is 18.3. The molecule has 1 saturated heterocycles. The average Bonchev–Trinajstić information content (AvgIpc) is 3.08. The number of nitrogens with two attached hydrogens (primary N) is 1. The first-order chi connectivity index (χ1) is 14.4. The highest BCUT2D eigenvalue weighted by molar-refractivity contribution is 7.89. The highest BCUT2D eigenvalue weighted by Gasteiger charge is 2.27. The lowest BCUT2D eigenvalue weighted by atomic mass is 10.2. The number of fused-ring (bicyclic) bond motifs is 1. The van der Waals surface area contributed by atoms with Gasteiger partial charge in [-0.1, -0.05) is 6.42 Å². The minimum atomic E-state index is -3.52. The van der Waals surface area contributed by atoms with Gasteiger partial charge >= 0.3 is 0 Å². The fourth-order valence-electron chi connectivity index (χ4n) is 3.90. The molecule has 1 aliphatic heterocycles. The molecule has 1 fully saturated rings. The Labute approximate surface area is 177 Å². The number of hydrogen-bond acceptors (Lipinski definition) is 6. The Hall–Kier alpha value is -2.01. The number of amides is 1. The Balaban J connectivity index is 1.92. The molecule has 0 bridgehead atoms. The zero-order valence-electron chi connectivity index (χ0n) is 17.7. The van der Waals surface area contributed by atoms with Crippen LogP contribution in [0, 0.1) is 0 Å². The van der Waals surface area contributed by atoms with Crippen molar-refractivity contribution in [2.75, 3.05) is 39.9 Å². The number of nitrogens with zero attached hydrogens (tertiary/aromatic N) is 4. The number of rotatable bonds is 10. The molecule has 0 saturated carbocycles. The van der Waals surface area contributed by atoms with Crippen LogP contribution in [-0.2, 0) is 32.6 Å². The molecule has 0 spiro atoms. The Kier molecular flexibility index (Phi) is 7.45. The standard InChI is InChI=1S/C20H31N5O4S/c1-3-25-18-8-7-16(30(27,28)24-9-5-4-6-10-24)13-17(18)22-20(25)15-23(11-12-29-2)14-19(21)26/h7-8,13H,3-6,9-12,14-15H2,1-2H3,(H2,21,26). The number of carbonyl (C=O) groups is 1. The molecule has 30 heavy (non-hydrogen) atoms. The maximum Gasteiger partial charge on any atom is 0.243 e. The molecule has 0 aliphatic carbocycles. The molecule has 2 heterocycles. The maximum absolute atomic E-state index is 13.0. The predicted octanol–water partition coefficient (Wildman–Crippen LogP) is 1.16. The van der Waals surface area contributed by atoms with E-state index in [0.29, 0.717) is 44.8 Å². The first kappa shape index (κ1) is 22.7. The van der Waals surface area contributed by atoms with Crippen LogP contribution >= 0.6 is 0 Å². The predicted molar refractivity (Wildman–Crippen MR) is 114 cm³/mol. The van der Waals surface area contributed by atoms with Crippen LogP contribution in [0.3, 0.4) is 0 Å². The summed E-state index contributed by atoms with van der Waals surface area (Å²) in [6.45, 7) is 5.36. The van der Waals surface area contributed by atoms with E-state index in [2.05, 4.69) is 0 Å². The molecule has 9 nitrogen and oxygen atoms in total. The Morgan fingerprint density at radius 1 is 1.27 bits per heavy atom. The van der Waals surface area contributed by atoms with Gasteiger partial charge < -0.3 is 15.0 Å². The number of imidazole rings is 1. The highest BCUT2D eigenvalue weighted by atomic mass is 32.2. The topological polar surface area (TPSA) is 111 Å². The largest absolute Gasteiger partial charge is 0.383 e. The van der Waals surface area contributed by atoms with Crippen molar-refractivity contribution in [3.63, 3.8) is 0 Å². The van der Waals surface area contributed by atoms with E-state index in [1.165, 1.54) is 0 Å². The monoisotopic (exact) mass is 437 g/mol. The van der Waals surface area contributed by atoms with Crippen LogP contribution in [0.25, 0.3) is 11.0 Å². The number of aromatic nitrogens is 2. The molecular formula is C20H31N5O4S. The van der Waals surface area contributed by atoms with Crippen LogP contribution < -0.4 is 5.73 Å². The van der Waals surface area contributed by atoms with Crippen molar-refractivity contribution in [1.29, 1.82) is 0 Å². The van der Waals surface area contributed by atoms with E-state index in [0.717, 1.165) is 30.6 Å². The number of methoxy groups -OCH3 is 1. The van der Waals surface area contributed by atoms with Crippen molar-refractivity contribution in [2.45, 2.75) is 44.2 Å². The van der Waals surface area contributed by atoms with Crippen LogP contribution in [-0.4, -0.2) is 73.0 Å². The second-order valence-corrected chi connectivity index (χ2v) is 9.50. The Morgan fingerprint density at radius 3 is 2.63 bits per heavy atom. The summed E-state index contributed by atoms with van der Waals surface area (Å²) in [5.74, 6) is 0.345. The summed E-state index contributed by atoms with van der Waals surface area (Å²) < 4.78 is 34.8. The molecule has 2 aromatic rings. The van der Waals surface area contributed by atoms with Gasteiger partial charge in [-0.25, -0.2) is 13.4 Å². The van der Waals surface area contributed by atoms with Gasteiger partial charge in [0.05, 0.1) is 35.6 Å². The number of carbonyl (C=O) groups excluding carboxylic acids is 1. The molecule has 2 N–H and O–H groups in total. The van der Waals surface area contributed by atoms with E-state index in [1.807, 2.05) is 22.5 Å². The van der Waals surface area contributed by atoms with Gasteiger partial charge in [-0.3, -0.25) is 9.69 Å². The maximum atomic E-state index is 13.0. The van der Waals surface area contributed by atoms with Crippen molar-refractivity contribution in [3.8, 4) is 0 Å². The number of primary amides is 1. The highest BCUT2D eigenvalue weighted by Crippen LogP contribution is 2.25. The SMILES string of the molecule is CCn1c(CN(CCOC)CC(N)=O)nc2cc(S(=O)(=O)N3CCCCC3)ccc21. The number of sulfonamides is 1. The third kappa shape index (κ3) is 5.00. The lowest BCUT2D eigenvalue weighted by Crippen LogP contribution is -2.36. The fraction of sp³-hybridized carbons (Fsp3) is 0.600. The van der Waals surface area contributed by atoms with Crippen LogP contribution in [0.15, 0.2) is 23.1 Å². The number of benzene rings is 1. The molecule has 3 rings (SSSR count). The number of ether oxygens (including phenoxy) is 1. The van der Waals surface area contributed by atoms with Crippen molar-refractivity contribution < 1.29 is 17.9 Å². The summed E-state index contributed by atoms with van der Waals surface area (Å²) in [6.07, 6.45) is 2.86. The molecule has 10 heteroatoms. The minimum absolute atomic E-state index is 0.102. The van der Waals surface area contributed by atoms with Gasteiger partial charge in [-0.05, 0) is 38.0 Å². The van der Waals surface area contributed by atoms with Crippen LogP contribution in [0.5, 0.6) is 0 Å². The lowest BCUT2D eigenvalue weighted by molar-refractivity contribution is -0.119. The Morgan fingerprint density at radius 2 is 2.00 bits per heavy atom. The van der Waals surface area contributed by atoms with E-state index in [-0.39, 0.29) is 11.4 Å². The van der Waals surface area contributed by atoms with Gasteiger partial charge in [-0.15, -0.1) is 0 Å². The van der Waals surface area contributed by atoms with E-state index in [4.69, 9.17) is 15.5 Å². The van der Waals surface area contributed by atoms with Gasteiger partial charge in [0.15, 0.2) is 0 Å². The lowest BCUT2D eigenvalue weighted by Gasteiger charge is -2.25. The summed E-state index contributed by atoms with van der Waals surface area (Å²) >= 11 is 0. The third-order valence-corrected chi connectivity index (χ3v) is 7.32. The van der Waals surface area contributed by atoms with Gasteiger partial charge in [0.2, 0.25) is 15.9 Å². The van der Waals surface area contributed by atoms with Crippen LogP contribution in [0.2, 0.25) is 0 Å². The van der Waals surface area contributed by atoms with Gasteiger partial charge in [0.1, 0.15) is 5.82 Å². The van der Waals surface area contributed by atoms with E-state index in [9.17, 15) is 13.2 Å². The average molecular weight is 438 g/mol. The zero-order chi connectivity index (χ0) is 21.7. The number of piperidine rings is 1. The van der Waals surface area contributed by atoms with Crippen molar-refractivity contribution >= 4 is 27.0 Å². The zero-order valence-corrected chi connectivity index (χ0v) is 18.5. The first-order valence-electron chi connectivity index (χ1n) is 10.4. The van der Waals surface area contributed by atoms with Crippen molar-refractivity contribution in [2.24, 2.45) is 5.73 Å². The van der Waals surface area contributed by atoms with E-state index in [1.54, 1.807) is 23.5 Å². The summed E-state index contributed by atoms with van der Waals surface area (Å²) in [7, 11) is -1.91. The second kappa shape index (κ2) is 9.86. The van der Waals surface area contributed by atoms with Gasteiger partial charge in [0, 0.05) is 33.3 Å². The van der Waals surface area contributed by atoms with Crippen LogP contribution in [0.1, 0.15) is 32.0 Å². The van der Waals surface area contributed by atoms with Crippen molar-refractivity contribution in [3.05, 3.63) is 24.0 Å². The smallest absolute Gasteiger partial charge is 0.243 e. The van der Waals surface area contributed by atoms with Gasteiger partial charge in [0.25, 0.3) is 0 Å². The summed E-state index contributed by atoms with van der Waals surface area (Å²) in [5, 5.41) is 0.